The van der Waals surface area contributed by atoms with E-state index in [0.717, 1.165) is 37.5 Å². The molecule has 6 rings (SSSR count). The molecule has 6 aliphatic rings. The molecular formula is C38H58O6. The topological polar surface area (TPSA) is 112 Å². The van der Waals surface area contributed by atoms with Gasteiger partial charge in [-0.05, 0) is 135 Å². The highest BCUT2D eigenvalue weighted by Crippen LogP contribution is 2.67. The molecule has 5 fully saturated rings. The molecule has 0 aromatic carbocycles. The Morgan fingerprint density at radius 2 is 1.45 bits per heavy atom. The number of allylic oxidation sites excluding steroid dienone is 4. The number of carboxylic acids is 1. The second kappa shape index (κ2) is 12.8. The summed E-state index contributed by atoms with van der Waals surface area (Å²) in [6.45, 7) is 12.0. The van der Waals surface area contributed by atoms with E-state index in [4.69, 9.17) is 5.11 Å². The molecular weight excluding hydrogens is 552 g/mol. The van der Waals surface area contributed by atoms with Gasteiger partial charge in [-0.2, -0.15) is 0 Å². The highest BCUT2D eigenvalue weighted by molar-refractivity contribution is 6.01. The lowest BCUT2D eigenvalue weighted by Crippen LogP contribution is -2.50. The average Bonchev–Trinajstić information content (AvgIpc) is 3.53. The largest absolute Gasteiger partial charge is 0.481 e. The Kier molecular flexibility index (Phi) is 9.75. The molecule has 6 nitrogen and oxygen atoms in total. The van der Waals surface area contributed by atoms with Crippen LogP contribution in [-0.4, -0.2) is 46.1 Å². The predicted octanol–water partition coefficient (Wildman–Crippen LogP) is 7.03. The highest BCUT2D eigenvalue weighted by Gasteiger charge is 2.59. The van der Waals surface area contributed by atoms with Gasteiger partial charge in [0.1, 0.15) is 5.78 Å². The number of carbonyl (C=O) groups excluding carboxylic acids is 2. The molecule has 6 unspecified atom stereocenters. The van der Waals surface area contributed by atoms with Gasteiger partial charge in [-0.3, -0.25) is 14.4 Å². The van der Waals surface area contributed by atoms with E-state index in [9.17, 15) is 24.6 Å². The van der Waals surface area contributed by atoms with Crippen LogP contribution in [-0.2, 0) is 14.4 Å². The average molecular weight is 611 g/mol. The third kappa shape index (κ3) is 5.69. The van der Waals surface area contributed by atoms with Crippen LogP contribution in [0.1, 0.15) is 112 Å². The second-order valence-electron chi connectivity index (χ2n) is 16.5. The summed E-state index contributed by atoms with van der Waals surface area (Å²) in [6.07, 6.45) is 17.6. The van der Waals surface area contributed by atoms with E-state index >= 15 is 0 Å². The first kappa shape index (κ1) is 33.6. The maximum absolute atomic E-state index is 12.2. The van der Waals surface area contributed by atoms with Crippen LogP contribution in [0.15, 0.2) is 23.8 Å². The smallest absolute Gasteiger partial charge is 0.303 e. The first-order chi connectivity index (χ1) is 20.8. The summed E-state index contributed by atoms with van der Waals surface area (Å²) in [7, 11) is 0. The van der Waals surface area contributed by atoms with E-state index in [0.29, 0.717) is 54.5 Å². The summed E-state index contributed by atoms with van der Waals surface area (Å²) in [4.78, 5) is 34.8. The first-order valence-corrected chi connectivity index (χ1v) is 17.7. The van der Waals surface area contributed by atoms with Crippen LogP contribution in [0, 0.1) is 69.5 Å². The van der Waals surface area contributed by atoms with Crippen LogP contribution in [0.4, 0.5) is 0 Å². The zero-order chi connectivity index (χ0) is 32.0. The summed E-state index contributed by atoms with van der Waals surface area (Å²) >= 11 is 0. The summed E-state index contributed by atoms with van der Waals surface area (Å²) in [6, 6.07) is 0. The molecule has 0 aromatic rings. The number of hydrogen-bond donors (Lipinski definition) is 3. The number of ketones is 2. The molecule has 3 N–H and O–H groups in total. The SMILES string of the molecule is C[C@H](CO)C1CCC2C3CCC4=CC(=O)C=C[C@]4(C)C3CC[C@@]21C.C[C@H](CO)C1CCC2[C@H](CCC(=O)O)C(=O)CC[C@]12C. The molecule has 0 aromatic heterocycles. The van der Waals surface area contributed by atoms with E-state index in [2.05, 4.69) is 40.7 Å². The molecule has 44 heavy (non-hydrogen) atoms. The third-order valence-corrected chi connectivity index (χ3v) is 14.5. The number of carboxylic acid groups (broad SMARTS) is 1. The van der Waals surface area contributed by atoms with Crippen LogP contribution >= 0.6 is 0 Å². The highest BCUT2D eigenvalue weighted by atomic mass is 16.4. The number of hydrogen-bond acceptors (Lipinski definition) is 5. The molecule has 0 saturated heterocycles. The lowest BCUT2D eigenvalue weighted by Gasteiger charge is -2.57. The number of aliphatic hydroxyl groups excluding tert-OH is 2. The van der Waals surface area contributed by atoms with E-state index in [-0.39, 0.29) is 47.3 Å². The Morgan fingerprint density at radius 3 is 2.07 bits per heavy atom. The van der Waals surface area contributed by atoms with Gasteiger partial charge in [-0.15, -0.1) is 0 Å². The van der Waals surface area contributed by atoms with Crippen molar-refractivity contribution in [2.75, 3.05) is 13.2 Å². The molecule has 6 aliphatic carbocycles. The minimum atomic E-state index is -0.816. The Labute approximate surface area is 265 Å². The zero-order valence-electron chi connectivity index (χ0n) is 27.9. The van der Waals surface area contributed by atoms with Gasteiger partial charge in [0.05, 0.1) is 0 Å². The number of carbonyl (C=O) groups is 3. The maximum atomic E-state index is 12.2. The van der Waals surface area contributed by atoms with Gasteiger partial charge >= 0.3 is 5.97 Å². The van der Waals surface area contributed by atoms with Crippen molar-refractivity contribution in [2.24, 2.45) is 69.5 Å². The van der Waals surface area contributed by atoms with Crippen LogP contribution in [0.25, 0.3) is 0 Å². The van der Waals surface area contributed by atoms with Gasteiger partial charge in [-0.25, -0.2) is 0 Å². The molecule has 0 spiro atoms. The molecule has 0 heterocycles. The molecule has 0 radical (unpaired) electrons. The van der Waals surface area contributed by atoms with Crippen LogP contribution in [0.3, 0.4) is 0 Å². The van der Waals surface area contributed by atoms with Crippen molar-refractivity contribution in [2.45, 2.75) is 112 Å². The monoisotopic (exact) mass is 610 g/mol. The zero-order valence-corrected chi connectivity index (χ0v) is 27.9. The minimum Gasteiger partial charge on any atom is -0.481 e. The van der Waals surface area contributed by atoms with E-state index in [1.165, 1.54) is 37.7 Å². The Hall–Kier alpha value is -1.79. The molecule has 0 bridgehead atoms. The summed E-state index contributed by atoms with van der Waals surface area (Å²) in [5, 5.41) is 28.0. The summed E-state index contributed by atoms with van der Waals surface area (Å²) < 4.78 is 0. The van der Waals surface area contributed by atoms with Crippen molar-refractivity contribution in [1.29, 1.82) is 0 Å². The quantitative estimate of drug-likeness (QED) is 0.285. The van der Waals surface area contributed by atoms with Gasteiger partial charge in [0.2, 0.25) is 0 Å². The van der Waals surface area contributed by atoms with Gasteiger partial charge in [0.15, 0.2) is 5.78 Å². The predicted molar refractivity (Wildman–Crippen MR) is 172 cm³/mol. The van der Waals surface area contributed by atoms with Crippen molar-refractivity contribution in [3.05, 3.63) is 23.8 Å². The van der Waals surface area contributed by atoms with Gasteiger partial charge in [0, 0.05) is 37.4 Å². The second-order valence-corrected chi connectivity index (χ2v) is 16.5. The van der Waals surface area contributed by atoms with Gasteiger partial charge in [0.25, 0.3) is 0 Å². The molecule has 0 aliphatic heterocycles. The lowest BCUT2D eigenvalue weighted by atomic mass is 9.47. The van der Waals surface area contributed by atoms with Crippen molar-refractivity contribution in [3.63, 3.8) is 0 Å². The fraction of sp³-hybridized carbons (Fsp3) is 0.816. The van der Waals surface area contributed by atoms with Crippen molar-refractivity contribution in [1.82, 2.24) is 0 Å². The standard InChI is InChI=1S/C22H32O2.C16H26O4/c1-14(13-23)18-6-7-19-17-5-4-15-12-16(24)8-10-21(15,2)20(17)9-11-22(18,19)3;1-10(9-17)12-4-5-13-11(3-6-15(19)20)14(18)7-8-16(12,13)2/h8,10,12,14,17-20,23H,4-7,9,11,13H2,1-3H3;10-13,17H,3-9H2,1-2H3,(H,19,20)/t14-,17?,18?,19?,20?,21+,22-;10-,11+,12?,13?,16-/m11/s1. The fourth-order valence-corrected chi connectivity index (χ4v) is 12.1. The molecule has 12 atom stereocenters. The third-order valence-electron chi connectivity index (χ3n) is 14.5. The summed E-state index contributed by atoms with van der Waals surface area (Å²) in [5.74, 6) is 3.97. The van der Waals surface area contributed by atoms with Gasteiger partial charge in [-0.1, -0.05) is 46.3 Å². The van der Waals surface area contributed by atoms with E-state index < -0.39 is 5.97 Å². The van der Waals surface area contributed by atoms with Crippen LogP contribution in [0.2, 0.25) is 0 Å². The summed E-state index contributed by atoms with van der Waals surface area (Å²) in [5.41, 5.74) is 2.01. The van der Waals surface area contributed by atoms with Crippen molar-refractivity contribution in [3.8, 4) is 0 Å². The number of aliphatic carboxylic acids is 1. The number of Topliss-reactive ketones (excluding diaryl/α,β-unsaturated/α-hetero) is 1. The van der Waals surface area contributed by atoms with Crippen molar-refractivity contribution < 1.29 is 29.7 Å². The Morgan fingerprint density at radius 1 is 0.841 bits per heavy atom. The molecule has 246 valence electrons. The van der Waals surface area contributed by atoms with E-state index in [1.807, 2.05) is 12.2 Å². The molecule has 5 saturated carbocycles. The number of rotatable bonds is 7. The van der Waals surface area contributed by atoms with Crippen LogP contribution in [0.5, 0.6) is 0 Å². The number of aliphatic hydroxyl groups is 2. The normalized spacial score (nSPS) is 43.9. The molecule has 0 amide bonds. The maximum Gasteiger partial charge on any atom is 0.303 e. The lowest BCUT2D eigenvalue weighted by molar-refractivity contribution is -0.139. The Bertz CT molecular complexity index is 1170. The Balaban J connectivity index is 0.000000178. The van der Waals surface area contributed by atoms with Gasteiger partial charge < -0.3 is 15.3 Å². The fourth-order valence-electron chi connectivity index (χ4n) is 12.1. The number of fused-ring (bicyclic) bond motifs is 6. The van der Waals surface area contributed by atoms with Crippen molar-refractivity contribution >= 4 is 17.5 Å². The van der Waals surface area contributed by atoms with Crippen LogP contribution < -0.4 is 0 Å². The first-order valence-electron chi connectivity index (χ1n) is 17.7. The molecule has 6 heteroatoms. The van der Waals surface area contributed by atoms with E-state index in [1.54, 1.807) is 0 Å². The minimum absolute atomic E-state index is 0.0826.